The fourth-order valence-electron chi connectivity index (χ4n) is 2.98. The molecule has 0 unspecified atom stereocenters. The summed E-state index contributed by atoms with van der Waals surface area (Å²) in [6.45, 7) is 7.49. The van der Waals surface area contributed by atoms with Gasteiger partial charge in [-0.3, -0.25) is 4.99 Å². The maximum atomic E-state index is 10.5. The van der Waals surface area contributed by atoms with E-state index in [1.807, 2.05) is 6.07 Å². The van der Waals surface area contributed by atoms with E-state index in [0.717, 1.165) is 35.4 Å². The van der Waals surface area contributed by atoms with Crippen LogP contribution in [0.3, 0.4) is 0 Å². The molecule has 1 aromatic carbocycles. The Morgan fingerprint density at radius 3 is 2.78 bits per heavy atom. The van der Waals surface area contributed by atoms with E-state index in [-0.39, 0.29) is 11.4 Å². The van der Waals surface area contributed by atoms with Crippen molar-refractivity contribution in [2.75, 3.05) is 20.3 Å². The number of hydrogen-bond acceptors (Lipinski definition) is 4. The zero-order chi connectivity index (χ0) is 16.9. The molecule has 1 N–H and O–H groups in total. The molecule has 4 nitrogen and oxygen atoms in total. The summed E-state index contributed by atoms with van der Waals surface area (Å²) in [5.41, 5.74) is 2.47. The molecule has 0 spiro atoms. The molecule has 0 bridgehead atoms. The lowest BCUT2D eigenvalue weighted by atomic mass is 9.90. The number of aliphatic imine (C=N–C) groups is 1. The molecule has 1 heterocycles. The molecule has 23 heavy (non-hydrogen) atoms. The van der Waals surface area contributed by atoms with E-state index < -0.39 is 0 Å². The second-order valence-corrected chi connectivity index (χ2v) is 6.80. The number of benzene rings is 1. The van der Waals surface area contributed by atoms with Crippen LogP contribution in [0.15, 0.2) is 17.1 Å². The monoisotopic (exact) mass is 319 g/mol. The molecule has 0 atom stereocenters. The lowest BCUT2D eigenvalue weighted by Gasteiger charge is -2.34. The Morgan fingerprint density at radius 1 is 1.30 bits per heavy atom. The highest BCUT2D eigenvalue weighted by atomic mass is 16.5. The van der Waals surface area contributed by atoms with Crippen molar-refractivity contribution in [3.8, 4) is 11.5 Å². The van der Waals surface area contributed by atoms with Gasteiger partial charge in [0.05, 0.1) is 24.4 Å². The Balaban J connectivity index is 2.31. The lowest BCUT2D eigenvalue weighted by Crippen LogP contribution is -2.36. The van der Waals surface area contributed by atoms with Crippen molar-refractivity contribution in [2.45, 2.75) is 58.5 Å². The van der Waals surface area contributed by atoms with Crippen LogP contribution >= 0.6 is 0 Å². The van der Waals surface area contributed by atoms with E-state index in [4.69, 9.17) is 9.47 Å². The first kappa shape index (κ1) is 17.8. The van der Waals surface area contributed by atoms with Gasteiger partial charge in [-0.2, -0.15) is 0 Å². The number of nitrogens with zero attached hydrogens (tertiary/aromatic N) is 1. The number of unbranched alkanes of at least 4 members (excludes halogenated alkanes) is 2. The second-order valence-electron chi connectivity index (χ2n) is 6.80. The van der Waals surface area contributed by atoms with Crippen molar-refractivity contribution in [3.05, 3.63) is 23.3 Å². The largest absolute Gasteiger partial charge is 0.507 e. The third kappa shape index (κ3) is 4.71. The van der Waals surface area contributed by atoms with Gasteiger partial charge < -0.3 is 14.6 Å². The van der Waals surface area contributed by atoms with Crippen LogP contribution in [0.25, 0.3) is 0 Å². The van der Waals surface area contributed by atoms with Crippen LogP contribution in [0.2, 0.25) is 0 Å². The topological polar surface area (TPSA) is 51.0 Å². The second kappa shape index (κ2) is 7.82. The molecule has 0 fully saturated rings. The maximum Gasteiger partial charge on any atom is 0.133 e. The van der Waals surface area contributed by atoms with Gasteiger partial charge >= 0.3 is 0 Å². The summed E-state index contributed by atoms with van der Waals surface area (Å²) in [6, 6.07) is 3.93. The Hall–Kier alpha value is -1.55. The number of phenolic OH excluding ortho intramolecular Hbond substituents is 1. The standard InChI is InChI=1S/C19H29NO3/c1-5-6-7-8-14-11-16(21)18-15(20-9-10-22-4)13-19(2,3)23-17(18)12-14/h11-12,21H,5-10,13H2,1-4H3. The van der Waals surface area contributed by atoms with Crippen molar-refractivity contribution in [1.29, 1.82) is 0 Å². The van der Waals surface area contributed by atoms with Crippen LogP contribution in [0.4, 0.5) is 0 Å². The van der Waals surface area contributed by atoms with Crippen LogP contribution in [0.1, 0.15) is 57.6 Å². The fraction of sp³-hybridized carbons (Fsp3) is 0.632. The molecule has 1 aliphatic rings. The fourth-order valence-corrected chi connectivity index (χ4v) is 2.98. The molecule has 0 aliphatic carbocycles. The van der Waals surface area contributed by atoms with E-state index in [1.54, 1.807) is 7.11 Å². The lowest BCUT2D eigenvalue weighted by molar-refractivity contribution is 0.110. The molecule has 0 saturated heterocycles. The molecule has 0 radical (unpaired) electrons. The summed E-state index contributed by atoms with van der Waals surface area (Å²) in [5.74, 6) is 1.03. The minimum Gasteiger partial charge on any atom is -0.507 e. The van der Waals surface area contributed by atoms with E-state index in [2.05, 4.69) is 31.8 Å². The molecule has 0 amide bonds. The minimum absolute atomic E-state index is 0.278. The molecular formula is C19H29NO3. The van der Waals surface area contributed by atoms with E-state index in [1.165, 1.54) is 12.8 Å². The number of ether oxygens (including phenoxy) is 2. The number of hydrogen-bond donors (Lipinski definition) is 1. The van der Waals surface area contributed by atoms with Gasteiger partial charge in [-0.1, -0.05) is 19.8 Å². The summed E-state index contributed by atoms with van der Waals surface area (Å²) in [7, 11) is 1.67. The molecule has 2 rings (SSSR count). The number of aromatic hydroxyl groups is 1. The average Bonchev–Trinajstić information content (AvgIpc) is 2.45. The van der Waals surface area contributed by atoms with Crippen molar-refractivity contribution >= 4 is 5.71 Å². The van der Waals surface area contributed by atoms with Crippen LogP contribution in [-0.2, 0) is 11.2 Å². The summed E-state index contributed by atoms with van der Waals surface area (Å²) < 4.78 is 11.2. The van der Waals surface area contributed by atoms with E-state index in [9.17, 15) is 5.11 Å². The molecular weight excluding hydrogens is 290 g/mol. The van der Waals surface area contributed by atoms with Gasteiger partial charge in [0.1, 0.15) is 17.1 Å². The van der Waals surface area contributed by atoms with Crippen molar-refractivity contribution < 1.29 is 14.6 Å². The summed E-state index contributed by atoms with van der Waals surface area (Å²) in [6.07, 6.45) is 5.18. The minimum atomic E-state index is -0.312. The van der Waals surface area contributed by atoms with Crippen molar-refractivity contribution in [1.82, 2.24) is 0 Å². The van der Waals surface area contributed by atoms with Crippen LogP contribution in [-0.4, -0.2) is 36.7 Å². The Labute approximate surface area is 139 Å². The smallest absolute Gasteiger partial charge is 0.133 e. The maximum absolute atomic E-state index is 10.5. The van der Waals surface area contributed by atoms with Gasteiger partial charge in [0, 0.05) is 13.5 Å². The first-order valence-electron chi connectivity index (χ1n) is 8.54. The van der Waals surface area contributed by atoms with Gasteiger partial charge in [-0.15, -0.1) is 0 Å². The highest BCUT2D eigenvalue weighted by Gasteiger charge is 2.33. The first-order valence-corrected chi connectivity index (χ1v) is 8.54. The Morgan fingerprint density at radius 2 is 2.09 bits per heavy atom. The SMILES string of the molecule is CCCCCc1cc(O)c2c(c1)OC(C)(C)CC2=NCCOC. The molecule has 0 saturated carbocycles. The highest BCUT2D eigenvalue weighted by Crippen LogP contribution is 2.39. The van der Waals surface area contributed by atoms with Gasteiger partial charge in [0.25, 0.3) is 0 Å². The zero-order valence-electron chi connectivity index (χ0n) is 14.8. The van der Waals surface area contributed by atoms with Crippen LogP contribution < -0.4 is 4.74 Å². The number of aryl methyl sites for hydroxylation is 1. The van der Waals surface area contributed by atoms with Gasteiger partial charge in [0.15, 0.2) is 0 Å². The highest BCUT2D eigenvalue weighted by molar-refractivity contribution is 6.06. The number of phenols is 1. The molecule has 0 aromatic heterocycles. The average molecular weight is 319 g/mol. The van der Waals surface area contributed by atoms with Crippen molar-refractivity contribution in [2.24, 2.45) is 4.99 Å². The first-order chi connectivity index (χ1) is 11.0. The predicted octanol–water partition coefficient (Wildman–Crippen LogP) is 4.12. The predicted molar refractivity (Wildman–Crippen MR) is 93.9 cm³/mol. The number of methoxy groups -OCH3 is 1. The Kier molecular flexibility index (Phi) is 6.05. The normalized spacial score (nSPS) is 17.8. The van der Waals surface area contributed by atoms with Gasteiger partial charge in [0.2, 0.25) is 0 Å². The van der Waals surface area contributed by atoms with Gasteiger partial charge in [-0.25, -0.2) is 0 Å². The number of rotatable bonds is 7. The van der Waals surface area contributed by atoms with Crippen LogP contribution in [0.5, 0.6) is 11.5 Å². The molecule has 4 heteroatoms. The molecule has 1 aromatic rings. The molecule has 1 aliphatic heterocycles. The van der Waals surface area contributed by atoms with Crippen LogP contribution in [0, 0.1) is 0 Å². The zero-order valence-corrected chi connectivity index (χ0v) is 14.8. The summed E-state index contributed by atoms with van der Waals surface area (Å²) in [4.78, 5) is 4.63. The quantitative estimate of drug-likeness (QED) is 0.769. The summed E-state index contributed by atoms with van der Waals surface area (Å²) in [5, 5.41) is 10.5. The van der Waals surface area contributed by atoms with Gasteiger partial charge in [-0.05, 0) is 44.4 Å². The molecule has 128 valence electrons. The number of fused-ring (bicyclic) bond motifs is 1. The van der Waals surface area contributed by atoms with E-state index >= 15 is 0 Å². The summed E-state index contributed by atoms with van der Waals surface area (Å²) >= 11 is 0. The Bertz CT molecular complexity index is 564. The third-order valence-electron chi connectivity index (χ3n) is 4.08. The van der Waals surface area contributed by atoms with Crippen molar-refractivity contribution in [3.63, 3.8) is 0 Å². The third-order valence-corrected chi connectivity index (χ3v) is 4.08. The van der Waals surface area contributed by atoms with E-state index in [0.29, 0.717) is 19.6 Å².